The summed E-state index contributed by atoms with van der Waals surface area (Å²) in [4.78, 5) is 25.7. The van der Waals surface area contributed by atoms with Crippen LogP contribution >= 0.6 is 0 Å². The van der Waals surface area contributed by atoms with Crippen LogP contribution < -0.4 is 0 Å². The van der Waals surface area contributed by atoms with E-state index in [1.54, 1.807) is 0 Å². The molecule has 2 rings (SSSR count). The number of likely N-dealkylation sites (tertiary alicyclic amines) is 1. The minimum Gasteiger partial charge on any atom is -0.481 e. The van der Waals surface area contributed by atoms with Gasteiger partial charge < -0.3 is 10.0 Å². The van der Waals surface area contributed by atoms with E-state index in [4.69, 9.17) is 0 Å². The number of aliphatic carboxylic acids is 1. The zero-order valence-electron chi connectivity index (χ0n) is 12.1. The second-order valence-electron chi connectivity index (χ2n) is 7.01. The molecule has 108 valence electrons. The van der Waals surface area contributed by atoms with Gasteiger partial charge in [-0.05, 0) is 31.1 Å². The molecule has 0 aromatic heterocycles. The van der Waals surface area contributed by atoms with Gasteiger partial charge in [-0.3, -0.25) is 9.59 Å². The van der Waals surface area contributed by atoms with Crippen LogP contribution in [0.3, 0.4) is 0 Å². The van der Waals surface area contributed by atoms with Crippen LogP contribution in [0, 0.1) is 10.8 Å². The standard InChI is InChI=1S/C15H25NO3/c1-14(2)7-9-16(10-8-14)12(17)11-15(13(18)19)5-3-4-6-15/h3-11H2,1-2H3,(H,18,19). The van der Waals surface area contributed by atoms with E-state index in [1.807, 2.05) is 4.90 Å². The van der Waals surface area contributed by atoms with Gasteiger partial charge in [0.15, 0.2) is 0 Å². The minimum absolute atomic E-state index is 0.0415. The first-order valence-corrected chi connectivity index (χ1v) is 7.36. The quantitative estimate of drug-likeness (QED) is 0.855. The van der Waals surface area contributed by atoms with Crippen molar-refractivity contribution in [3.63, 3.8) is 0 Å². The highest BCUT2D eigenvalue weighted by Crippen LogP contribution is 2.42. The Morgan fingerprint density at radius 1 is 1.05 bits per heavy atom. The number of nitrogens with zero attached hydrogens (tertiary/aromatic N) is 1. The normalized spacial score (nSPS) is 25.3. The summed E-state index contributed by atoms with van der Waals surface area (Å²) in [5.41, 5.74) is -0.460. The van der Waals surface area contributed by atoms with Gasteiger partial charge >= 0.3 is 5.97 Å². The van der Waals surface area contributed by atoms with Crippen molar-refractivity contribution in [2.75, 3.05) is 13.1 Å². The van der Waals surface area contributed by atoms with Crippen LogP contribution in [0.15, 0.2) is 0 Å². The van der Waals surface area contributed by atoms with E-state index < -0.39 is 11.4 Å². The highest BCUT2D eigenvalue weighted by molar-refractivity contribution is 5.85. The lowest BCUT2D eigenvalue weighted by Crippen LogP contribution is -2.44. The van der Waals surface area contributed by atoms with Crippen LogP contribution in [0.1, 0.15) is 58.8 Å². The predicted molar refractivity (Wildman–Crippen MR) is 72.7 cm³/mol. The molecule has 1 saturated heterocycles. The molecule has 1 heterocycles. The fourth-order valence-corrected chi connectivity index (χ4v) is 3.28. The van der Waals surface area contributed by atoms with Gasteiger partial charge in [0.1, 0.15) is 0 Å². The highest BCUT2D eigenvalue weighted by Gasteiger charge is 2.44. The van der Waals surface area contributed by atoms with Crippen LogP contribution in [-0.2, 0) is 9.59 Å². The number of carbonyl (C=O) groups excluding carboxylic acids is 1. The van der Waals surface area contributed by atoms with Gasteiger partial charge in [0.2, 0.25) is 5.91 Å². The Morgan fingerprint density at radius 3 is 2.05 bits per heavy atom. The summed E-state index contributed by atoms with van der Waals surface area (Å²) in [6, 6.07) is 0. The lowest BCUT2D eigenvalue weighted by Gasteiger charge is -2.38. The summed E-state index contributed by atoms with van der Waals surface area (Å²) in [5, 5.41) is 9.42. The summed E-state index contributed by atoms with van der Waals surface area (Å²) in [7, 11) is 0. The minimum atomic E-state index is -0.782. The van der Waals surface area contributed by atoms with Crippen molar-refractivity contribution in [1.82, 2.24) is 4.90 Å². The molecular weight excluding hydrogens is 242 g/mol. The molecule has 1 N–H and O–H groups in total. The molecule has 2 aliphatic rings. The van der Waals surface area contributed by atoms with Gasteiger partial charge in [-0.1, -0.05) is 26.7 Å². The van der Waals surface area contributed by atoms with Gasteiger partial charge in [-0.15, -0.1) is 0 Å². The summed E-state index contributed by atoms with van der Waals surface area (Å²) in [5.74, 6) is -0.740. The fourth-order valence-electron chi connectivity index (χ4n) is 3.28. The van der Waals surface area contributed by atoms with Crippen LogP contribution in [0.5, 0.6) is 0 Å². The van der Waals surface area contributed by atoms with Crippen molar-refractivity contribution in [1.29, 1.82) is 0 Å². The van der Waals surface area contributed by atoms with E-state index in [0.29, 0.717) is 18.3 Å². The van der Waals surface area contributed by atoms with Crippen molar-refractivity contribution in [2.45, 2.75) is 58.8 Å². The van der Waals surface area contributed by atoms with Crippen molar-refractivity contribution in [2.24, 2.45) is 10.8 Å². The largest absolute Gasteiger partial charge is 0.481 e. The lowest BCUT2D eigenvalue weighted by molar-refractivity contribution is -0.154. The fraction of sp³-hybridized carbons (Fsp3) is 0.867. The van der Waals surface area contributed by atoms with Gasteiger partial charge in [0.25, 0.3) is 0 Å². The molecule has 1 aliphatic carbocycles. The van der Waals surface area contributed by atoms with E-state index in [-0.39, 0.29) is 12.3 Å². The molecular formula is C15H25NO3. The molecule has 4 nitrogen and oxygen atoms in total. The number of rotatable bonds is 3. The molecule has 2 fully saturated rings. The Hall–Kier alpha value is -1.06. The zero-order valence-corrected chi connectivity index (χ0v) is 12.1. The third kappa shape index (κ3) is 3.10. The van der Waals surface area contributed by atoms with Crippen LogP contribution in [0.25, 0.3) is 0 Å². The van der Waals surface area contributed by atoms with Crippen LogP contribution in [0.2, 0.25) is 0 Å². The maximum Gasteiger partial charge on any atom is 0.310 e. The molecule has 0 atom stereocenters. The molecule has 0 spiro atoms. The predicted octanol–water partition coefficient (Wildman–Crippen LogP) is 2.67. The van der Waals surface area contributed by atoms with Crippen molar-refractivity contribution < 1.29 is 14.7 Å². The van der Waals surface area contributed by atoms with Gasteiger partial charge in [0.05, 0.1) is 5.41 Å². The van der Waals surface area contributed by atoms with Gasteiger partial charge in [-0.25, -0.2) is 0 Å². The topological polar surface area (TPSA) is 57.6 Å². The van der Waals surface area contributed by atoms with E-state index in [1.165, 1.54) is 0 Å². The second kappa shape index (κ2) is 5.14. The molecule has 1 aliphatic heterocycles. The van der Waals surface area contributed by atoms with Crippen LogP contribution in [-0.4, -0.2) is 35.0 Å². The third-order valence-electron chi connectivity index (χ3n) is 4.97. The molecule has 0 radical (unpaired) electrons. The summed E-state index contributed by atoms with van der Waals surface area (Å²) >= 11 is 0. The van der Waals surface area contributed by atoms with Gasteiger partial charge in [0, 0.05) is 19.5 Å². The summed E-state index contributed by atoms with van der Waals surface area (Å²) in [6.07, 6.45) is 5.42. The Morgan fingerprint density at radius 2 is 1.58 bits per heavy atom. The first-order valence-electron chi connectivity index (χ1n) is 7.36. The summed E-state index contributed by atoms with van der Waals surface area (Å²) in [6.45, 7) is 6.01. The van der Waals surface area contributed by atoms with Crippen molar-refractivity contribution in [3.8, 4) is 0 Å². The molecule has 1 saturated carbocycles. The third-order valence-corrected chi connectivity index (χ3v) is 4.97. The Kier molecular flexibility index (Phi) is 3.88. The first kappa shape index (κ1) is 14.4. The van der Waals surface area contributed by atoms with E-state index in [9.17, 15) is 14.7 Å². The smallest absolute Gasteiger partial charge is 0.310 e. The average molecular weight is 267 g/mol. The number of piperidine rings is 1. The van der Waals surface area contributed by atoms with E-state index in [0.717, 1.165) is 38.8 Å². The first-order chi connectivity index (χ1) is 8.85. The Balaban J connectivity index is 1.95. The average Bonchev–Trinajstić information content (AvgIpc) is 2.78. The summed E-state index contributed by atoms with van der Waals surface area (Å²) < 4.78 is 0. The second-order valence-corrected chi connectivity index (χ2v) is 7.01. The lowest BCUT2D eigenvalue weighted by atomic mass is 9.80. The monoisotopic (exact) mass is 267 g/mol. The molecule has 4 heteroatoms. The maximum absolute atomic E-state index is 12.3. The number of hydrogen-bond acceptors (Lipinski definition) is 2. The molecule has 0 unspecified atom stereocenters. The number of carboxylic acids is 1. The number of amides is 1. The molecule has 0 aromatic rings. The molecule has 1 amide bonds. The zero-order chi connectivity index (χ0) is 14.1. The Bertz CT molecular complexity index is 360. The van der Waals surface area contributed by atoms with E-state index in [2.05, 4.69) is 13.8 Å². The van der Waals surface area contributed by atoms with Gasteiger partial charge in [-0.2, -0.15) is 0 Å². The Labute approximate surface area is 115 Å². The van der Waals surface area contributed by atoms with Crippen molar-refractivity contribution >= 4 is 11.9 Å². The SMILES string of the molecule is CC1(C)CCN(C(=O)CC2(C(=O)O)CCCC2)CC1. The number of carbonyl (C=O) groups is 2. The van der Waals surface area contributed by atoms with Crippen LogP contribution in [0.4, 0.5) is 0 Å². The number of hydrogen-bond donors (Lipinski definition) is 1. The maximum atomic E-state index is 12.3. The molecule has 0 bridgehead atoms. The molecule has 19 heavy (non-hydrogen) atoms. The van der Waals surface area contributed by atoms with E-state index >= 15 is 0 Å². The number of carboxylic acid groups (broad SMARTS) is 1. The highest BCUT2D eigenvalue weighted by atomic mass is 16.4. The van der Waals surface area contributed by atoms with Crippen molar-refractivity contribution in [3.05, 3.63) is 0 Å². The molecule has 0 aromatic carbocycles.